The van der Waals surface area contributed by atoms with E-state index in [-0.39, 0.29) is 0 Å². The Kier molecular flexibility index (Phi) is 10.6. The predicted octanol–water partition coefficient (Wildman–Crippen LogP) is 8.59. The molecule has 2 aromatic rings. The molecule has 170 valence electrons. The van der Waals surface area contributed by atoms with Crippen LogP contribution in [0.3, 0.4) is 0 Å². The summed E-state index contributed by atoms with van der Waals surface area (Å²) >= 11 is 0. The van der Waals surface area contributed by atoms with Crippen LogP contribution in [0.15, 0.2) is 36.7 Å². The highest BCUT2D eigenvalue weighted by Crippen LogP contribution is 2.33. The van der Waals surface area contributed by atoms with E-state index in [4.69, 9.17) is 0 Å². The standard InChI is InChI=1S/C29H44N2/c1-3-5-6-7-8-9-10-11-25-18-20-28(21-19-25)29-30-22-27(23-31-29)17-16-26-14-12-24(4-2)13-15-26/h18-24,26H,3-17H2,1-2H3. The Bertz CT molecular complexity index is 711. The molecule has 1 saturated carbocycles. The van der Waals surface area contributed by atoms with Crippen LogP contribution in [0.25, 0.3) is 11.4 Å². The quantitative estimate of drug-likeness (QED) is 0.303. The lowest BCUT2D eigenvalue weighted by atomic mass is 9.79. The van der Waals surface area contributed by atoms with Crippen molar-refractivity contribution < 1.29 is 0 Å². The van der Waals surface area contributed by atoms with E-state index in [9.17, 15) is 0 Å². The number of rotatable bonds is 13. The Morgan fingerprint density at radius 3 is 1.94 bits per heavy atom. The Balaban J connectivity index is 1.38. The Morgan fingerprint density at radius 1 is 0.677 bits per heavy atom. The van der Waals surface area contributed by atoms with E-state index in [1.54, 1.807) is 0 Å². The number of aromatic nitrogens is 2. The molecule has 1 heterocycles. The minimum Gasteiger partial charge on any atom is -0.236 e. The van der Waals surface area contributed by atoms with E-state index in [1.165, 1.54) is 101 Å². The average Bonchev–Trinajstić information content (AvgIpc) is 2.83. The van der Waals surface area contributed by atoms with Crippen LogP contribution in [0, 0.1) is 11.8 Å². The average molecular weight is 421 g/mol. The lowest BCUT2D eigenvalue weighted by Gasteiger charge is -2.27. The zero-order valence-corrected chi connectivity index (χ0v) is 20.1. The molecule has 0 unspecified atom stereocenters. The molecule has 2 heteroatoms. The predicted molar refractivity (Wildman–Crippen MR) is 133 cm³/mol. The molecule has 0 aliphatic heterocycles. The van der Waals surface area contributed by atoms with Crippen molar-refractivity contribution in [3.05, 3.63) is 47.8 Å². The molecule has 0 radical (unpaired) electrons. The monoisotopic (exact) mass is 420 g/mol. The fourth-order valence-corrected chi connectivity index (χ4v) is 5.04. The van der Waals surface area contributed by atoms with Gasteiger partial charge in [0.25, 0.3) is 0 Å². The van der Waals surface area contributed by atoms with Crippen LogP contribution in [0.4, 0.5) is 0 Å². The fraction of sp³-hybridized carbons (Fsp3) is 0.655. The second-order valence-corrected chi connectivity index (χ2v) is 9.82. The van der Waals surface area contributed by atoms with Gasteiger partial charge in [0.15, 0.2) is 5.82 Å². The summed E-state index contributed by atoms with van der Waals surface area (Å²) in [5, 5.41) is 0. The largest absolute Gasteiger partial charge is 0.236 e. The van der Waals surface area contributed by atoms with Gasteiger partial charge in [-0.15, -0.1) is 0 Å². The van der Waals surface area contributed by atoms with Gasteiger partial charge in [-0.1, -0.05) is 109 Å². The van der Waals surface area contributed by atoms with Crippen molar-refractivity contribution >= 4 is 0 Å². The van der Waals surface area contributed by atoms with E-state index in [0.717, 1.165) is 29.6 Å². The normalized spacial score (nSPS) is 18.9. The SMILES string of the molecule is CCCCCCCCCc1ccc(-c2ncc(CCC3CCC(CC)CC3)cn2)cc1. The highest BCUT2D eigenvalue weighted by molar-refractivity contribution is 5.55. The summed E-state index contributed by atoms with van der Waals surface area (Å²) in [6.45, 7) is 4.62. The lowest BCUT2D eigenvalue weighted by Crippen LogP contribution is -2.14. The molecule has 1 aliphatic carbocycles. The van der Waals surface area contributed by atoms with Gasteiger partial charge in [0.2, 0.25) is 0 Å². The van der Waals surface area contributed by atoms with Gasteiger partial charge >= 0.3 is 0 Å². The van der Waals surface area contributed by atoms with Crippen LogP contribution in [0.1, 0.15) is 108 Å². The summed E-state index contributed by atoms with van der Waals surface area (Å²) in [7, 11) is 0. The third-order valence-electron chi connectivity index (χ3n) is 7.37. The van der Waals surface area contributed by atoms with Crippen LogP contribution in [-0.2, 0) is 12.8 Å². The van der Waals surface area contributed by atoms with Gasteiger partial charge in [0, 0.05) is 18.0 Å². The van der Waals surface area contributed by atoms with Crippen molar-refractivity contribution in [1.29, 1.82) is 0 Å². The second-order valence-electron chi connectivity index (χ2n) is 9.82. The van der Waals surface area contributed by atoms with Crippen molar-refractivity contribution in [3.63, 3.8) is 0 Å². The smallest absolute Gasteiger partial charge is 0.159 e. The van der Waals surface area contributed by atoms with Crippen LogP contribution in [-0.4, -0.2) is 9.97 Å². The fourth-order valence-electron chi connectivity index (χ4n) is 5.04. The maximum atomic E-state index is 4.67. The lowest BCUT2D eigenvalue weighted by molar-refractivity contribution is 0.258. The van der Waals surface area contributed by atoms with Gasteiger partial charge in [0.1, 0.15) is 0 Å². The summed E-state index contributed by atoms with van der Waals surface area (Å²) in [5.41, 5.74) is 3.86. The number of hydrogen-bond donors (Lipinski definition) is 0. The molecule has 0 saturated heterocycles. The maximum Gasteiger partial charge on any atom is 0.159 e. The molecule has 1 aliphatic rings. The number of hydrogen-bond acceptors (Lipinski definition) is 2. The number of aryl methyl sites for hydroxylation is 2. The van der Waals surface area contributed by atoms with Gasteiger partial charge in [-0.25, -0.2) is 9.97 Å². The summed E-state index contributed by atoms with van der Waals surface area (Å²) in [4.78, 5) is 9.34. The van der Waals surface area contributed by atoms with E-state index in [0.29, 0.717) is 0 Å². The Hall–Kier alpha value is -1.70. The van der Waals surface area contributed by atoms with Crippen molar-refractivity contribution in [2.45, 2.75) is 110 Å². The molecule has 31 heavy (non-hydrogen) atoms. The summed E-state index contributed by atoms with van der Waals surface area (Å²) < 4.78 is 0. The van der Waals surface area contributed by atoms with Crippen LogP contribution in [0.2, 0.25) is 0 Å². The molecule has 0 atom stereocenters. The van der Waals surface area contributed by atoms with E-state index < -0.39 is 0 Å². The van der Waals surface area contributed by atoms with Gasteiger partial charge in [-0.3, -0.25) is 0 Å². The second kappa shape index (κ2) is 13.7. The molecule has 1 aromatic carbocycles. The first-order chi connectivity index (χ1) is 15.3. The Labute approximate surface area is 191 Å². The zero-order chi connectivity index (χ0) is 21.7. The van der Waals surface area contributed by atoms with Crippen LogP contribution < -0.4 is 0 Å². The van der Waals surface area contributed by atoms with E-state index in [2.05, 4.69) is 48.1 Å². The van der Waals surface area contributed by atoms with Gasteiger partial charge in [-0.05, 0) is 48.6 Å². The molecule has 2 nitrogen and oxygen atoms in total. The van der Waals surface area contributed by atoms with Gasteiger partial charge in [0.05, 0.1) is 0 Å². The molecule has 3 rings (SSSR count). The van der Waals surface area contributed by atoms with E-state index in [1.807, 2.05) is 12.4 Å². The first-order valence-electron chi connectivity index (χ1n) is 13.2. The molecule has 0 bridgehead atoms. The minimum absolute atomic E-state index is 0.856. The van der Waals surface area contributed by atoms with Gasteiger partial charge in [-0.2, -0.15) is 0 Å². The molecular weight excluding hydrogens is 376 g/mol. The first kappa shape index (κ1) is 24.0. The van der Waals surface area contributed by atoms with Crippen molar-refractivity contribution in [2.75, 3.05) is 0 Å². The molecule has 0 amide bonds. The highest BCUT2D eigenvalue weighted by Gasteiger charge is 2.19. The highest BCUT2D eigenvalue weighted by atomic mass is 14.9. The first-order valence-corrected chi connectivity index (χ1v) is 13.2. The Morgan fingerprint density at radius 2 is 1.29 bits per heavy atom. The minimum atomic E-state index is 0.856. The van der Waals surface area contributed by atoms with Crippen molar-refractivity contribution in [1.82, 2.24) is 9.97 Å². The van der Waals surface area contributed by atoms with Crippen LogP contribution >= 0.6 is 0 Å². The van der Waals surface area contributed by atoms with Crippen molar-refractivity contribution in [3.8, 4) is 11.4 Å². The summed E-state index contributed by atoms with van der Waals surface area (Å²) in [6.07, 6.45) is 24.4. The third-order valence-corrected chi connectivity index (χ3v) is 7.37. The molecular formula is C29H44N2. The molecule has 0 N–H and O–H groups in total. The summed E-state index contributed by atoms with van der Waals surface area (Å²) in [6, 6.07) is 8.90. The topological polar surface area (TPSA) is 25.8 Å². The number of unbranched alkanes of at least 4 members (excludes halogenated alkanes) is 6. The van der Waals surface area contributed by atoms with Gasteiger partial charge < -0.3 is 0 Å². The zero-order valence-electron chi connectivity index (χ0n) is 20.1. The maximum absolute atomic E-state index is 4.67. The molecule has 1 fully saturated rings. The molecule has 1 aromatic heterocycles. The third kappa shape index (κ3) is 8.39. The summed E-state index contributed by atoms with van der Waals surface area (Å²) in [5.74, 6) is 2.75. The van der Waals surface area contributed by atoms with Crippen molar-refractivity contribution in [2.24, 2.45) is 11.8 Å². The number of benzene rings is 1. The van der Waals surface area contributed by atoms with Crippen LogP contribution in [0.5, 0.6) is 0 Å². The molecule has 0 spiro atoms. The van der Waals surface area contributed by atoms with E-state index >= 15 is 0 Å². The number of nitrogens with zero attached hydrogens (tertiary/aromatic N) is 2.